The third-order valence-electron chi connectivity index (χ3n) is 3.45. The van der Waals surface area contributed by atoms with Crippen LogP contribution in [0.4, 0.5) is 17.8 Å². The first kappa shape index (κ1) is 16.1. The largest absolute Gasteiger partial charge is 0.354 e. The van der Waals surface area contributed by atoms with Crippen LogP contribution >= 0.6 is 11.8 Å². The summed E-state index contributed by atoms with van der Waals surface area (Å²) in [5, 5.41) is 3.26. The highest BCUT2D eigenvalue weighted by Gasteiger charge is 2.15. The van der Waals surface area contributed by atoms with Gasteiger partial charge in [-0.05, 0) is 44.1 Å². The fraction of sp³-hybridized carbons (Fsp3) is 0.769. The number of nitrogen functional groups attached to an aromatic ring is 1. The molecule has 0 aromatic carbocycles. The Hall–Kier alpha value is -1.28. The lowest BCUT2D eigenvalue weighted by Gasteiger charge is -2.26. The number of unbranched alkanes of at least 4 members (excludes halogenated alkanes) is 1. The minimum absolute atomic E-state index is 0.414. The van der Waals surface area contributed by atoms with Crippen molar-refractivity contribution in [2.45, 2.75) is 32.1 Å². The first-order valence-corrected chi connectivity index (χ1v) is 8.93. The molecule has 8 heteroatoms. The van der Waals surface area contributed by atoms with Gasteiger partial charge in [0.05, 0.1) is 0 Å². The maximum atomic E-state index is 5.46. The zero-order valence-electron chi connectivity index (χ0n) is 12.6. The van der Waals surface area contributed by atoms with Crippen molar-refractivity contribution in [2.75, 3.05) is 47.3 Å². The second-order valence-corrected chi connectivity index (χ2v) is 6.09. The molecule has 1 aliphatic heterocycles. The molecule has 0 spiro atoms. The summed E-state index contributed by atoms with van der Waals surface area (Å²) in [6, 6.07) is 0. The number of hydrazine groups is 1. The summed E-state index contributed by atoms with van der Waals surface area (Å²) in [5.41, 5.74) is 2.53. The molecule has 7 nitrogen and oxygen atoms in total. The first-order chi connectivity index (χ1) is 10.3. The quantitative estimate of drug-likeness (QED) is 0.379. The van der Waals surface area contributed by atoms with Crippen molar-refractivity contribution in [1.82, 2.24) is 15.0 Å². The second-order valence-electron chi connectivity index (χ2n) is 5.10. The minimum Gasteiger partial charge on any atom is -0.354 e. The molecule has 0 amide bonds. The predicted octanol–water partition coefficient (Wildman–Crippen LogP) is 1.70. The Kier molecular flexibility index (Phi) is 6.81. The van der Waals surface area contributed by atoms with Crippen LogP contribution < -0.4 is 21.5 Å². The molecule has 2 rings (SSSR count). The number of nitrogens with one attached hydrogen (secondary N) is 2. The van der Waals surface area contributed by atoms with E-state index in [1.54, 1.807) is 0 Å². The number of anilines is 3. The van der Waals surface area contributed by atoms with E-state index >= 15 is 0 Å². The number of piperidine rings is 1. The van der Waals surface area contributed by atoms with Gasteiger partial charge in [0.15, 0.2) is 0 Å². The Morgan fingerprint density at radius 2 is 1.86 bits per heavy atom. The molecule has 0 aliphatic carbocycles. The Labute approximate surface area is 130 Å². The van der Waals surface area contributed by atoms with Gasteiger partial charge in [0.25, 0.3) is 0 Å². The molecule has 4 N–H and O–H groups in total. The standard InChI is InChI=1S/C13H25N7S/c1-21-10-6-3-7-15-11-16-12(19-14)18-13(17-11)20-8-4-2-5-9-20/h2-10,14H2,1H3,(H2,15,16,17,18,19). The van der Waals surface area contributed by atoms with Crippen LogP contribution in [-0.4, -0.2) is 46.6 Å². The van der Waals surface area contributed by atoms with Crippen LogP contribution in [0.3, 0.4) is 0 Å². The SMILES string of the molecule is CSCCCCNc1nc(NN)nc(N2CCCCC2)n1. The number of nitrogens with zero attached hydrogens (tertiary/aromatic N) is 4. The van der Waals surface area contributed by atoms with Crippen molar-refractivity contribution < 1.29 is 0 Å². The number of thioether (sulfide) groups is 1. The molecule has 0 saturated carbocycles. The predicted molar refractivity (Wildman–Crippen MR) is 89.8 cm³/mol. The molecule has 0 unspecified atom stereocenters. The second kappa shape index (κ2) is 8.89. The van der Waals surface area contributed by atoms with E-state index in [4.69, 9.17) is 5.84 Å². The summed E-state index contributed by atoms with van der Waals surface area (Å²) in [5.74, 6) is 8.37. The maximum Gasteiger partial charge on any atom is 0.243 e. The highest BCUT2D eigenvalue weighted by atomic mass is 32.2. The molecule has 1 aliphatic rings. The summed E-state index contributed by atoms with van der Waals surface area (Å²) in [7, 11) is 0. The Bertz CT molecular complexity index is 423. The van der Waals surface area contributed by atoms with Crippen molar-refractivity contribution in [3.05, 3.63) is 0 Å². The fourth-order valence-electron chi connectivity index (χ4n) is 2.32. The third kappa shape index (κ3) is 5.20. The molecule has 1 aromatic heterocycles. The summed E-state index contributed by atoms with van der Waals surface area (Å²) in [4.78, 5) is 15.3. The third-order valence-corrected chi connectivity index (χ3v) is 4.15. The summed E-state index contributed by atoms with van der Waals surface area (Å²) in [6.45, 7) is 2.87. The summed E-state index contributed by atoms with van der Waals surface area (Å²) in [6.07, 6.45) is 8.09. The monoisotopic (exact) mass is 311 g/mol. The van der Waals surface area contributed by atoms with Gasteiger partial charge in [-0.1, -0.05) is 0 Å². The smallest absolute Gasteiger partial charge is 0.243 e. The number of aromatic nitrogens is 3. The highest BCUT2D eigenvalue weighted by Crippen LogP contribution is 2.18. The Morgan fingerprint density at radius 1 is 1.10 bits per heavy atom. The molecule has 1 saturated heterocycles. The molecule has 118 valence electrons. The van der Waals surface area contributed by atoms with Gasteiger partial charge in [0.1, 0.15) is 0 Å². The maximum absolute atomic E-state index is 5.46. The lowest BCUT2D eigenvalue weighted by atomic mass is 10.1. The Balaban J connectivity index is 1.96. The van der Waals surface area contributed by atoms with E-state index in [0.717, 1.165) is 26.1 Å². The average Bonchev–Trinajstić information content (AvgIpc) is 2.55. The van der Waals surface area contributed by atoms with Crippen molar-refractivity contribution in [1.29, 1.82) is 0 Å². The van der Waals surface area contributed by atoms with Gasteiger partial charge in [-0.15, -0.1) is 0 Å². The molecule has 0 radical (unpaired) electrons. The fourth-order valence-corrected chi connectivity index (χ4v) is 2.81. The zero-order valence-corrected chi connectivity index (χ0v) is 13.5. The topological polar surface area (TPSA) is 92.0 Å². The Morgan fingerprint density at radius 3 is 2.57 bits per heavy atom. The molecule has 1 fully saturated rings. The molecular formula is C13H25N7S. The number of hydrogen-bond donors (Lipinski definition) is 3. The number of hydrogen-bond acceptors (Lipinski definition) is 8. The van der Waals surface area contributed by atoms with E-state index in [1.165, 1.54) is 31.4 Å². The van der Waals surface area contributed by atoms with Crippen molar-refractivity contribution >= 4 is 29.6 Å². The average molecular weight is 311 g/mol. The lowest BCUT2D eigenvalue weighted by Crippen LogP contribution is -2.31. The van der Waals surface area contributed by atoms with Crippen molar-refractivity contribution in [3.8, 4) is 0 Å². The van der Waals surface area contributed by atoms with Crippen LogP contribution in [0.25, 0.3) is 0 Å². The van der Waals surface area contributed by atoms with Crippen LogP contribution in [0.2, 0.25) is 0 Å². The van der Waals surface area contributed by atoms with Crippen molar-refractivity contribution in [2.24, 2.45) is 5.84 Å². The normalized spacial score (nSPS) is 15.0. The highest BCUT2D eigenvalue weighted by molar-refractivity contribution is 7.98. The van der Waals surface area contributed by atoms with Crippen molar-refractivity contribution in [3.63, 3.8) is 0 Å². The van der Waals surface area contributed by atoms with E-state index in [2.05, 4.69) is 36.9 Å². The first-order valence-electron chi connectivity index (χ1n) is 7.54. The van der Waals surface area contributed by atoms with Gasteiger partial charge >= 0.3 is 0 Å². The minimum atomic E-state index is 0.414. The molecule has 21 heavy (non-hydrogen) atoms. The molecular weight excluding hydrogens is 286 g/mol. The van der Waals surface area contributed by atoms with E-state index < -0.39 is 0 Å². The summed E-state index contributed by atoms with van der Waals surface area (Å²) < 4.78 is 0. The molecule has 2 heterocycles. The van der Waals surface area contributed by atoms with E-state index in [1.807, 2.05) is 11.8 Å². The lowest BCUT2D eigenvalue weighted by molar-refractivity contribution is 0.567. The van der Waals surface area contributed by atoms with Crippen LogP contribution in [0.5, 0.6) is 0 Å². The van der Waals surface area contributed by atoms with Crippen LogP contribution in [0.1, 0.15) is 32.1 Å². The van der Waals surface area contributed by atoms with Gasteiger partial charge in [0, 0.05) is 19.6 Å². The molecule has 1 aromatic rings. The zero-order chi connectivity index (χ0) is 14.9. The van der Waals surface area contributed by atoms with Crippen LogP contribution in [-0.2, 0) is 0 Å². The summed E-state index contributed by atoms with van der Waals surface area (Å²) >= 11 is 1.87. The molecule has 0 atom stereocenters. The number of nitrogens with two attached hydrogens (primary N) is 1. The van der Waals surface area contributed by atoms with Crippen LogP contribution in [0.15, 0.2) is 0 Å². The van der Waals surface area contributed by atoms with Gasteiger partial charge in [0.2, 0.25) is 17.8 Å². The van der Waals surface area contributed by atoms with Gasteiger partial charge < -0.3 is 10.2 Å². The van der Waals surface area contributed by atoms with E-state index in [-0.39, 0.29) is 0 Å². The van der Waals surface area contributed by atoms with Crippen LogP contribution in [0, 0.1) is 0 Å². The van der Waals surface area contributed by atoms with E-state index in [9.17, 15) is 0 Å². The van der Waals surface area contributed by atoms with Gasteiger partial charge in [-0.3, -0.25) is 5.43 Å². The van der Waals surface area contributed by atoms with Gasteiger partial charge in [-0.25, -0.2) is 5.84 Å². The molecule has 0 bridgehead atoms. The van der Waals surface area contributed by atoms with Gasteiger partial charge in [-0.2, -0.15) is 26.7 Å². The number of rotatable bonds is 8. The van der Waals surface area contributed by atoms with E-state index in [0.29, 0.717) is 17.8 Å².